The summed E-state index contributed by atoms with van der Waals surface area (Å²) in [6.45, 7) is 4.04. The Morgan fingerprint density at radius 1 is 1.32 bits per heavy atom. The van der Waals surface area contributed by atoms with Crippen LogP contribution in [0.4, 0.5) is 0 Å². The molecule has 0 spiro atoms. The molecule has 2 rings (SSSR count). The topological polar surface area (TPSA) is 92.4 Å². The first-order valence-electron chi connectivity index (χ1n) is 7.19. The minimum Gasteiger partial charge on any atom is -0.481 e. The van der Waals surface area contributed by atoms with Crippen molar-refractivity contribution < 1.29 is 14.7 Å². The molecule has 5 atom stereocenters. The molecule has 0 saturated heterocycles. The van der Waals surface area contributed by atoms with Crippen molar-refractivity contribution >= 4 is 11.9 Å². The highest BCUT2D eigenvalue weighted by atomic mass is 16.4. The first-order valence-corrected chi connectivity index (χ1v) is 7.19. The number of hydrogen-bond acceptors (Lipinski definition) is 3. The summed E-state index contributed by atoms with van der Waals surface area (Å²) in [5, 5.41) is 12.2. The third-order valence-electron chi connectivity index (χ3n) is 4.57. The number of carbonyl (C=O) groups is 2. The van der Waals surface area contributed by atoms with Crippen LogP contribution >= 0.6 is 0 Å². The molecule has 0 heterocycles. The van der Waals surface area contributed by atoms with Crippen molar-refractivity contribution in [1.29, 1.82) is 0 Å². The molecule has 2 aliphatic rings. The van der Waals surface area contributed by atoms with Crippen LogP contribution in [-0.4, -0.2) is 29.1 Å². The zero-order valence-electron chi connectivity index (χ0n) is 11.6. The SMILES string of the molecule is CC(C)CC(N)C(=O)NC1C2CCC(C2)C1C(=O)O. The summed E-state index contributed by atoms with van der Waals surface area (Å²) in [7, 11) is 0. The summed E-state index contributed by atoms with van der Waals surface area (Å²) in [5.41, 5.74) is 5.86. The van der Waals surface area contributed by atoms with E-state index in [1.54, 1.807) is 0 Å². The van der Waals surface area contributed by atoms with Gasteiger partial charge in [0.25, 0.3) is 0 Å². The Bertz CT molecular complexity index is 370. The van der Waals surface area contributed by atoms with Crippen molar-refractivity contribution in [3.63, 3.8) is 0 Å². The van der Waals surface area contributed by atoms with Gasteiger partial charge in [-0.1, -0.05) is 13.8 Å². The lowest BCUT2D eigenvalue weighted by Gasteiger charge is -2.30. The minimum atomic E-state index is -0.782. The molecule has 5 unspecified atom stereocenters. The van der Waals surface area contributed by atoms with Crippen LogP contribution in [0.15, 0.2) is 0 Å². The van der Waals surface area contributed by atoms with Crippen molar-refractivity contribution in [1.82, 2.24) is 5.32 Å². The zero-order valence-corrected chi connectivity index (χ0v) is 11.6. The Balaban J connectivity index is 1.98. The van der Waals surface area contributed by atoms with Gasteiger partial charge in [-0.3, -0.25) is 9.59 Å². The number of rotatable bonds is 5. The second kappa shape index (κ2) is 5.49. The molecule has 1 amide bonds. The predicted octanol–water partition coefficient (Wildman–Crippen LogP) is 0.975. The normalized spacial score (nSPS) is 34.5. The smallest absolute Gasteiger partial charge is 0.308 e. The van der Waals surface area contributed by atoms with Crippen molar-refractivity contribution in [2.24, 2.45) is 29.4 Å². The fraction of sp³-hybridized carbons (Fsp3) is 0.857. The number of carboxylic acid groups (broad SMARTS) is 1. The third-order valence-corrected chi connectivity index (χ3v) is 4.57. The lowest BCUT2D eigenvalue weighted by Crippen LogP contribution is -2.52. The van der Waals surface area contributed by atoms with Gasteiger partial charge in [-0.05, 0) is 43.4 Å². The van der Waals surface area contributed by atoms with E-state index in [-0.39, 0.29) is 17.9 Å². The molecule has 4 N–H and O–H groups in total. The first kappa shape index (κ1) is 14.3. The molecule has 0 aromatic heterocycles. The number of carbonyl (C=O) groups excluding carboxylic acids is 1. The Labute approximate surface area is 113 Å². The maximum absolute atomic E-state index is 12.0. The second-order valence-corrected chi connectivity index (χ2v) is 6.47. The van der Waals surface area contributed by atoms with E-state index in [0.29, 0.717) is 18.3 Å². The van der Waals surface area contributed by atoms with Gasteiger partial charge in [0.2, 0.25) is 5.91 Å². The number of amides is 1. The number of hydrogen-bond donors (Lipinski definition) is 3. The predicted molar refractivity (Wildman–Crippen MR) is 71.3 cm³/mol. The highest BCUT2D eigenvalue weighted by Crippen LogP contribution is 2.48. The molecule has 5 heteroatoms. The highest BCUT2D eigenvalue weighted by Gasteiger charge is 2.51. The standard InChI is InChI=1S/C14H24N2O3/c1-7(2)5-10(15)13(17)16-12-9-4-3-8(6-9)11(12)14(18)19/h7-12H,3-6,15H2,1-2H3,(H,16,17)(H,18,19). The molecule has 0 aliphatic heterocycles. The summed E-state index contributed by atoms with van der Waals surface area (Å²) >= 11 is 0. The van der Waals surface area contributed by atoms with Crippen LogP contribution in [0.3, 0.4) is 0 Å². The maximum Gasteiger partial charge on any atom is 0.308 e. The monoisotopic (exact) mass is 268 g/mol. The minimum absolute atomic E-state index is 0.197. The fourth-order valence-corrected chi connectivity index (χ4v) is 3.74. The van der Waals surface area contributed by atoms with Gasteiger partial charge in [0.05, 0.1) is 12.0 Å². The number of nitrogens with two attached hydrogens (primary N) is 1. The van der Waals surface area contributed by atoms with Gasteiger partial charge >= 0.3 is 5.97 Å². The van der Waals surface area contributed by atoms with E-state index < -0.39 is 17.9 Å². The van der Waals surface area contributed by atoms with Gasteiger partial charge in [-0.15, -0.1) is 0 Å². The molecule has 2 aliphatic carbocycles. The summed E-state index contributed by atoms with van der Waals surface area (Å²) in [5.74, 6) is -0.493. The average Bonchev–Trinajstić information content (AvgIpc) is 2.87. The summed E-state index contributed by atoms with van der Waals surface area (Å²) in [6.07, 6.45) is 3.57. The van der Waals surface area contributed by atoms with Crippen LogP contribution < -0.4 is 11.1 Å². The van der Waals surface area contributed by atoms with Crippen molar-refractivity contribution in [2.75, 3.05) is 0 Å². The number of fused-ring (bicyclic) bond motifs is 2. The van der Waals surface area contributed by atoms with Crippen LogP contribution in [0, 0.1) is 23.7 Å². The highest BCUT2D eigenvalue weighted by molar-refractivity contribution is 5.83. The Hall–Kier alpha value is -1.10. The average molecular weight is 268 g/mol. The first-order chi connectivity index (χ1) is 8.90. The van der Waals surface area contributed by atoms with Gasteiger partial charge in [-0.25, -0.2) is 0 Å². The van der Waals surface area contributed by atoms with Gasteiger partial charge in [0.15, 0.2) is 0 Å². The third kappa shape index (κ3) is 2.91. The van der Waals surface area contributed by atoms with Crippen molar-refractivity contribution in [2.45, 2.75) is 51.6 Å². The van der Waals surface area contributed by atoms with Gasteiger partial charge in [0.1, 0.15) is 0 Å². The van der Waals surface area contributed by atoms with Gasteiger partial charge in [0, 0.05) is 6.04 Å². The van der Waals surface area contributed by atoms with Crippen LogP contribution in [0.1, 0.15) is 39.5 Å². The molecule has 0 aromatic rings. The zero-order chi connectivity index (χ0) is 14.2. The lowest BCUT2D eigenvalue weighted by atomic mass is 9.84. The molecule has 2 bridgehead atoms. The molecule has 0 aromatic carbocycles. The van der Waals surface area contributed by atoms with Crippen LogP contribution in [0.5, 0.6) is 0 Å². The Morgan fingerprint density at radius 2 is 1.95 bits per heavy atom. The molecule has 2 fully saturated rings. The van der Waals surface area contributed by atoms with Crippen LogP contribution in [0.2, 0.25) is 0 Å². The molecular weight excluding hydrogens is 244 g/mol. The van der Waals surface area contributed by atoms with E-state index in [1.165, 1.54) is 0 Å². The van der Waals surface area contributed by atoms with Crippen LogP contribution in [-0.2, 0) is 9.59 Å². The van der Waals surface area contributed by atoms with E-state index in [0.717, 1.165) is 19.3 Å². The van der Waals surface area contributed by atoms with Crippen molar-refractivity contribution in [3.05, 3.63) is 0 Å². The summed E-state index contributed by atoms with van der Waals surface area (Å²) in [4.78, 5) is 23.4. The van der Waals surface area contributed by atoms with Gasteiger partial charge in [-0.2, -0.15) is 0 Å². The lowest BCUT2D eigenvalue weighted by molar-refractivity contribution is -0.144. The molecular formula is C14H24N2O3. The molecule has 19 heavy (non-hydrogen) atoms. The Kier molecular flexibility index (Phi) is 4.13. The Morgan fingerprint density at radius 3 is 2.53 bits per heavy atom. The summed E-state index contributed by atoms with van der Waals surface area (Å²) in [6, 6.07) is -0.754. The molecule has 0 radical (unpaired) electrons. The molecule has 2 saturated carbocycles. The summed E-state index contributed by atoms with van der Waals surface area (Å²) < 4.78 is 0. The number of nitrogens with one attached hydrogen (secondary N) is 1. The van der Waals surface area contributed by atoms with Gasteiger partial charge < -0.3 is 16.2 Å². The second-order valence-electron chi connectivity index (χ2n) is 6.47. The maximum atomic E-state index is 12.0. The van der Waals surface area contributed by atoms with E-state index in [2.05, 4.69) is 5.32 Å². The molecule has 5 nitrogen and oxygen atoms in total. The van der Waals surface area contributed by atoms with Crippen LogP contribution in [0.25, 0.3) is 0 Å². The fourth-order valence-electron chi connectivity index (χ4n) is 3.74. The largest absolute Gasteiger partial charge is 0.481 e. The van der Waals surface area contributed by atoms with Crippen molar-refractivity contribution in [3.8, 4) is 0 Å². The van der Waals surface area contributed by atoms with E-state index >= 15 is 0 Å². The van der Waals surface area contributed by atoms with E-state index in [1.807, 2.05) is 13.8 Å². The number of carboxylic acids is 1. The van der Waals surface area contributed by atoms with E-state index in [9.17, 15) is 14.7 Å². The van der Waals surface area contributed by atoms with E-state index in [4.69, 9.17) is 5.73 Å². The quantitative estimate of drug-likeness (QED) is 0.693. The molecule has 108 valence electrons. The number of aliphatic carboxylic acids is 1.